The highest BCUT2D eigenvalue weighted by Gasteiger charge is 2.60. The van der Waals surface area contributed by atoms with Crippen molar-refractivity contribution in [3.05, 3.63) is 84.2 Å². The molecule has 2 saturated heterocycles. The number of halogens is 1. The van der Waals surface area contributed by atoms with Gasteiger partial charge >= 0.3 is 0 Å². The van der Waals surface area contributed by atoms with Crippen LogP contribution in [0.15, 0.2) is 72.8 Å². The third-order valence-corrected chi connectivity index (χ3v) is 6.28. The van der Waals surface area contributed by atoms with E-state index in [2.05, 4.69) is 0 Å². The average molecular weight is 491 g/mol. The van der Waals surface area contributed by atoms with Crippen LogP contribution in [0.25, 0.3) is 0 Å². The smallest absolute Gasteiger partial charge is 0.266 e. The summed E-state index contributed by atoms with van der Waals surface area (Å²) in [7, 11) is 0. The Bertz CT molecular complexity index is 1250. The second kappa shape index (κ2) is 9.99. The monoisotopic (exact) mass is 490 g/mol. The molecule has 2 aliphatic rings. The molecular formula is C28H27FN2O5. The van der Waals surface area contributed by atoms with Gasteiger partial charge in [-0.15, -0.1) is 0 Å². The number of amides is 2. The SMILES string of the molecule is CCCOc1ccc([C@@H]2[C@@H]3C(=O)N(c4ccc(F)cc4)C(=O)[C@H]3ON2c2ccccc2)cc1OCC. The molecule has 0 radical (unpaired) electrons. The van der Waals surface area contributed by atoms with Crippen molar-refractivity contribution in [2.45, 2.75) is 32.4 Å². The van der Waals surface area contributed by atoms with E-state index in [4.69, 9.17) is 14.3 Å². The lowest BCUT2D eigenvalue weighted by Crippen LogP contribution is -2.37. The molecule has 8 heteroatoms. The van der Waals surface area contributed by atoms with E-state index in [9.17, 15) is 14.0 Å². The molecule has 0 unspecified atom stereocenters. The number of imide groups is 1. The van der Waals surface area contributed by atoms with Gasteiger partial charge in [-0.2, -0.15) is 0 Å². The van der Waals surface area contributed by atoms with Crippen molar-refractivity contribution < 1.29 is 28.3 Å². The van der Waals surface area contributed by atoms with Crippen LogP contribution in [0, 0.1) is 11.7 Å². The third kappa shape index (κ3) is 4.18. The van der Waals surface area contributed by atoms with Crippen LogP contribution in [0.2, 0.25) is 0 Å². The van der Waals surface area contributed by atoms with E-state index in [1.54, 1.807) is 5.06 Å². The number of ether oxygens (including phenoxy) is 2. The lowest BCUT2D eigenvalue weighted by atomic mass is 9.90. The number of fused-ring (bicyclic) bond motifs is 1. The first-order chi connectivity index (χ1) is 17.5. The normalized spacial score (nSPS) is 21.1. The fourth-order valence-electron chi connectivity index (χ4n) is 4.71. The summed E-state index contributed by atoms with van der Waals surface area (Å²) in [6, 6.07) is 19.6. The van der Waals surface area contributed by atoms with Gasteiger partial charge in [-0.3, -0.25) is 14.4 Å². The highest BCUT2D eigenvalue weighted by Crippen LogP contribution is 2.48. The summed E-state index contributed by atoms with van der Waals surface area (Å²) in [5, 5.41) is 1.63. The van der Waals surface area contributed by atoms with Gasteiger partial charge < -0.3 is 9.47 Å². The molecule has 5 rings (SSSR count). The molecular weight excluding hydrogens is 463 g/mol. The third-order valence-electron chi connectivity index (χ3n) is 6.28. The molecule has 0 aromatic heterocycles. The molecule has 2 amide bonds. The van der Waals surface area contributed by atoms with E-state index in [1.165, 1.54) is 24.3 Å². The predicted molar refractivity (Wildman–Crippen MR) is 132 cm³/mol. The maximum Gasteiger partial charge on any atom is 0.266 e. The first-order valence-corrected chi connectivity index (χ1v) is 12.1. The Morgan fingerprint density at radius 2 is 1.61 bits per heavy atom. The first kappa shape index (κ1) is 23.8. The molecule has 2 heterocycles. The molecule has 3 atom stereocenters. The van der Waals surface area contributed by atoms with E-state index >= 15 is 0 Å². The summed E-state index contributed by atoms with van der Waals surface area (Å²) >= 11 is 0. The number of benzene rings is 3. The predicted octanol–water partition coefficient (Wildman–Crippen LogP) is 5.06. The lowest BCUT2D eigenvalue weighted by molar-refractivity contribution is -0.126. The second-order valence-electron chi connectivity index (χ2n) is 8.63. The average Bonchev–Trinajstić information content (AvgIpc) is 3.40. The van der Waals surface area contributed by atoms with Gasteiger partial charge in [0.2, 0.25) is 5.91 Å². The zero-order valence-corrected chi connectivity index (χ0v) is 20.1. The molecule has 3 aromatic rings. The number of hydrogen-bond acceptors (Lipinski definition) is 6. The van der Waals surface area contributed by atoms with E-state index in [0.717, 1.165) is 22.6 Å². The maximum absolute atomic E-state index is 13.7. The molecule has 186 valence electrons. The summed E-state index contributed by atoms with van der Waals surface area (Å²) in [5.74, 6) is -0.953. The molecule has 7 nitrogen and oxygen atoms in total. The van der Waals surface area contributed by atoms with Gasteiger partial charge in [0.15, 0.2) is 17.6 Å². The number of hydrogen-bond donors (Lipinski definition) is 0. The Morgan fingerprint density at radius 1 is 0.861 bits per heavy atom. The fourth-order valence-corrected chi connectivity index (χ4v) is 4.71. The quantitative estimate of drug-likeness (QED) is 0.411. The first-order valence-electron chi connectivity index (χ1n) is 12.1. The topological polar surface area (TPSA) is 68.3 Å². The van der Waals surface area contributed by atoms with Gasteiger partial charge in [0.1, 0.15) is 11.7 Å². The Kier molecular flexibility index (Phi) is 6.61. The maximum atomic E-state index is 13.7. The Balaban J connectivity index is 1.57. The molecule has 0 N–H and O–H groups in total. The summed E-state index contributed by atoms with van der Waals surface area (Å²) in [4.78, 5) is 34.4. The molecule has 36 heavy (non-hydrogen) atoms. The summed E-state index contributed by atoms with van der Waals surface area (Å²) < 4.78 is 25.2. The van der Waals surface area contributed by atoms with Crippen molar-refractivity contribution in [1.82, 2.24) is 0 Å². The Hall–Kier alpha value is -3.91. The second-order valence-corrected chi connectivity index (χ2v) is 8.63. The lowest BCUT2D eigenvalue weighted by Gasteiger charge is -2.29. The number of carbonyl (C=O) groups excluding carboxylic acids is 2. The molecule has 2 aliphatic heterocycles. The van der Waals surface area contributed by atoms with Crippen LogP contribution in [0.5, 0.6) is 11.5 Å². The molecule has 3 aromatic carbocycles. The Morgan fingerprint density at radius 3 is 2.31 bits per heavy atom. The highest BCUT2D eigenvalue weighted by molar-refractivity contribution is 6.23. The highest BCUT2D eigenvalue weighted by atomic mass is 19.1. The van der Waals surface area contributed by atoms with Gasteiger partial charge in [-0.25, -0.2) is 14.4 Å². The van der Waals surface area contributed by atoms with Crippen molar-refractivity contribution in [2.24, 2.45) is 5.92 Å². The van der Waals surface area contributed by atoms with Crippen molar-refractivity contribution in [2.75, 3.05) is 23.2 Å². The minimum atomic E-state index is -1.01. The number of carbonyl (C=O) groups is 2. The van der Waals surface area contributed by atoms with Gasteiger partial charge in [-0.1, -0.05) is 31.2 Å². The molecule has 0 bridgehead atoms. The van der Waals surface area contributed by atoms with E-state index < -0.39 is 35.7 Å². The van der Waals surface area contributed by atoms with Crippen LogP contribution in [-0.4, -0.2) is 31.1 Å². The summed E-state index contributed by atoms with van der Waals surface area (Å²) in [6.07, 6.45) is -0.162. The van der Waals surface area contributed by atoms with Crippen LogP contribution in [0.1, 0.15) is 31.9 Å². The van der Waals surface area contributed by atoms with Crippen molar-refractivity contribution in [3.63, 3.8) is 0 Å². The van der Waals surface area contributed by atoms with Crippen LogP contribution < -0.4 is 19.4 Å². The standard InChI is InChI=1S/C28H27FN2O5/c1-3-16-35-22-15-10-18(17-23(22)34-4-2)25-24-26(36-31(25)21-8-6-5-7-9-21)28(33)30(27(24)32)20-13-11-19(29)12-14-20/h5-15,17,24-26H,3-4,16H2,1-2H3/t24-,25+,26-/m0/s1. The van der Waals surface area contributed by atoms with Gasteiger partial charge in [0.25, 0.3) is 5.91 Å². The minimum absolute atomic E-state index is 0.313. The number of hydroxylamine groups is 1. The fraction of sp³-hybridized carbons (Fsp3) is 0.286. The molecule has 2 fully saturated rings. The van der Waals surface area contributed by atoms with Gasteiger partial charge in [0.05, 0.1) is 30.6 Å². The zero-order valence-electron chi connectivity index (χ0n) is 20.1. The number of nitrogens with zero attached hydrogens (tertiary/aromatic N) is 2. The van der Waals surface area contributed by atoms with Gasteiger partial charge in [0, 0.05) is 0 Å². The molecule has 0 aliphatic carbocycles. The van der Waals surface area contributed by atoms with Crippen molar-refractivity contribution in [1.29, 1.82) is 0 Å². The number of rotatable bonds is 8. The van der Waals surface area contributed by atoms with Crippen LogP contribution >= 0.6 is 0 Å². The van der Waals surface area contributed by atoms with Crippen molar-refractivity contribution >= 4 is 23.2 Å². The number of anilines is 2. The zero-order chi connectivity index (χ0) is 25.2. The van der Waals surface area contributed by atoms with E-state index in [-0.39, 0.29) is 0 Å². The number of para-hydroxylation sites is 1. The van der Waals surface area contributed by atoms with Crippen molar-refractivity contribution in [3.8, 4) is 11.5 Å². The minimum Gasteiger partial charge on any atom is -0.490 e. The van der Waals surface area contributed by atoms with Gasteiger partial charge in [-0.05, 0) is 67.4 Å². The van der Waals surface area contributed by atoms with Crippen LogP contribution in [0.3, 0.4) is 0 Å². The molecule has 0 saturated carbocycles. The van der Waals surface area contributed by atoms with Crippen LogP contribution in [0.4, 0.5) is 15.8 Å². The molecule has 0 spiro atoms. The van der Waals surface area contributed by atoms with E-state index in [1.807, 2.05) is 62.4 Å². The van der Waals surface area contributed by atoms with E-state index in [0.29, 0.717) is 30.4 Å². The van der Waals surface area contributed by atoms with Crippen LogP contribution in [-0.2, 0) is 14.4 Å². The largest absolute Gasteiger partial charge is 0.490 e. The summed E-state index contributed by atoms with van der Waals surface area (Å²) in [5.41, 5.74) is 1.78. The Labute approximate surface area is 208 Å². The summed E-state index contributed by atoms with van der Waals surface area (Å²) in [6.45, 7) is 4.91.